The third kappa shape index (κ3) is 5.86. The minimum absolute atomic E-state index is 0.223. The molecule has 0 amide bonds. The summed E-state index contributed by atoms with van der Waals surface area (Å²) in [5, 5.41) is 17.8. The topological polar surface area (TPSA) is 91.6 Å². The van der Waals surface area contributed by atoms with E-state index in [0.29, 0.717) is 24.9 Å². The van der Waals surface area contributed by atoms with Gasteiger partial charge < -0.3 is 15.2 Å². The molecule has 3 aromatic rings. The number of aromatic nitrogens is 4. The zero-order valence-corrected chi connectivity index (χ0v) is 21.6. The molecule has 2 fully saturated rings. The maximum absolute atomic E-state index is 9.81. The van der Waals surface area contributed by atoms with E-state index in [4.69, 9.17) is 9.72 Å². The Balaban J connectivity index is 1.24. The van der Waals surface area contributed by atoms with Crippen molar-refractivity contribution in [1.82, 2.24) is 29.5 Å². The van der Waals surface area contributed by atoms with Gasteiger partial charge in [-0.15, -0.1) is 0 Å². The molecule has 2 saturated heterocycles. The van der Waals surface area contributed by atoms with Crippen molar-refractivity contribution in [2.24, 2.45) is 0 Å². The molecule has 5 rings (SSSR count). The number of aryl methyl sites for hydroxylation is 3. The molecule has 1 unspecified atom stereocenters. The first-order chi connectivity index (χ1) is 17.4. The van der Waals surface area contributed by atoms with E-state index in [0.717, 1.165) is 59.9 Å². The second kappa shape index (κ2) is 10.9. The number of hydrogen-bond donors (Lipinski definition) is 2. The van der Waals surface area contributed by atoms with Gasteiger partial charge in [-0.05, 0) is 76.4 Å². The van der Waals surface area contributed by atoms with Crippen LogP contribution in [0, 0.1) is 20.8 Å². The van der Waals surface area contributed by atoms with Gasteiger partial charge in [0.1, 0.15) is 12.4 Å². The second-order valence-corrected chi connectivity index (χ2v) is 10.1. The largest absolute Gasteiger partial charge is 0.492 e. The normalized spacial score (nSPS) is 18.7. The monoisotopic (exact) mass is 491 g/mol. The lowest BCUT2D eigenvalue weighted by Gasteiger charge is -2.18. The van der Waals surface area contributed by atoms with Crippen molar-refractivity contribution in [2.75, 3.05) is 44.6 Å². The predicted molar refractivity (Wildman–Crippen MR) is 140 cm³/mol. The number of aliphatic hydroxyl groups is 1. The highest BCUT2D eigenvalue weighted by atomic mass is 16.5. The molecule has 2 aromatic heterocycles. The van der Waals surface area contributed by atoms with Gasteiger partial charge in [-0.1, -0.05) is 0 Å². The zero-order valence-electron chi connectivity index (χ0n) is 21.6. The van der Waals surface area contributed by atoms with Gasteiger partial charge in [0.2, 0.25) is 5.95 Å². The van der Waals surface area contributed by atoms with Crippen molar-refractivity contribution >= 4 is 11.6 Å². The summed E-state index contributed by atoms with van der Waals surface area (Å²) in [4.78, 5) is 13.8. The van der Waals surface area contributed by atoms with Crippen LogP contribution in [0.15, 0.2) is 30.6 Å². The van der Waals surface area contributed by atoms with Crippen LogP contribution in [0.5, 0.6) is 5.75 Å². The molecule has 1 atom stereocenters. The summed E-state index contributed by atoms with van der Waals surface area (Å²) in [6.07, 6.45) is 6.97. The smallest absolute Gasteiger partial charge is 0.229 e. The lowest BCUT2D eigenvalue weighted by molar-refractivity contribution is 0.174. The van der Waals surface area contributed by atoms with Gasteiger partial charge in [0, 0.05) is 55.9 Å². The number of β-amino-alcohol motifs (C(OH)–C–C–N with tert-alkyl or cyclic N) is 1. The van der Waals surface area contributed by atoms with Crippen molar-refractivity contribution in [3.8, 4) is 11.6 Å². The molecule has 2 aliphatic heterocycles. The van der Waals surface area contributed by atoms with Crippen molar-refractivity contribution in [3.05, 3.63) is 53.0 Å². The van der Waals surface area contributed by atoms with Crippen LogP contribution in [0.1, 0.15) is 41.6 Å². The van der Waals surface area contributed by atoms with E-state index in [2.05, 4.69) is 51.2 Å². The Morgan fingerprint density at radius 1 is 1.08 bits per heavy atom. The summed E-state index contributed by atoms with van der Waals surface area (Å²) < 4.78 is 7.95. The predicted octanol–water partition coefficient (Wildman–Crippen LogP) is 3.37. The van der Waals surface area contributed by atoms with E-state index in [1.165, 1.54) is 25.9 Å². The maximum atomic E-state index is 9.81. The molecule has 2 N–H and O–H groups in total. The molecule has 0 aliphatic carbocycles. The summed E-state index contributed by atoms with van der Waals surface area (Å²) in [5.41, 5.74) is 5.22. The van der Waals surface area contributed by atoms with Crippen LogP contribution >= 0.6 is 0 Å². The summed E-state index contributed by atoms with van der Waals surface area (Å²) in [6, 6.07) is 6.01. The highest BCUT2D eigenvalue weighted by molar-refractivity contribution is 5.60. The van der Waals surface area contributed by atoms with Crippen LogP contribution < -0.4 is 10.1 Å². The molecule has 2 aliphatic rings. The number of nitrogens with zero attached hydrogens (tertiary/aromatic N) is 6. The van der Waals surface area contributed by atoms with Crippen molar-refractivity contribution in [2.45, 2.75) is 52.7 Å². The third-order valence-electron chi connectivity index (χ3n) is 7.09. The molecule has 9 nitrogen and oxygen atoms in total. The highest BCUT2D eigenvalue weighted by Crippen LogP contribution is 2.28. The standard InChI is InChI=1S/C27H37N7O2/c1-19-14-23(15-20(2)26(19)36-13-12-32-9-4-5-10-32)29-27-28-8-6-25(30-27)34-17-22(21(3)31-34)16-33-11-7-24(35)18-33/h6,8,14-15,17,24,35H,4-5,7,9-13,16,18H2,1-3H3,(H,28,29,30). The molecule has 0 bridgehead atoms. The Morgan fingerprint density at radius 3 is 2.58 bits per heavy atom. The van der Waals surface area contributed by atoms with Gasteiger partial charge in [-0.3, -0.25) is 9.80 Å². The van der Waals surface area contributed by atoms with Crippen LogP contribution in [-0.2, 0) is 6.54 Å². The Bertz CT molecular complexity index is 1170. The highest BCUT2D eigenvalue weighted by Gasteiger charge is 2.21. The molecule has 1 aromatic carbocycles. The lowest BCUT2D eigenvalue weighted by Crippen LogP contribution is -2.25. The quantitative estimate of drug-likeness (QED) is 0.471. The van der Waals surface area contributed by atoms with Crippen LogP contribution in [0.2, 0.25) is 0 Å². The molecular formula is C27H37N7O2. The maximum Gasteiger partial charge on any atom is 0.229 e. The molecule has 0 saturated carbocycles. The first kappa shape index (κ1) is 24.7. The van der Waals surface area contributed by atoms with Crippen LogP contribution in [0.4, 0.5) is 11.6 Å². The average Bonchev–Trinajstić information content (AvgIpc) is 3.59. The average molecular weight is 492 g/mol. The molecule has 9 heteroatoms. The summed E-state index contributed by atoms with van der Waals surface area (Å²) in [7, 11) is 0. The van der Waals surface area contributed by atoms with Crippen LogP contribution in [-0.4, -0.2) is 80.1 Å². The fraction of sp³-hybridized carbons (Fsp3) is 0.519. The minimum Gasteiger partial charge on any atom is -0.492 e. The molecule has 4 heterocycles. The second-order valence-electron chi connectivity index (χ2n) is 10.1. The fourth-order valence-electron chi connectivity index (χ4n) is 5.16. The Hall–Kier alpha value is -3.01. The summed E-state index contributed by atoms with van der Waals surface area (Å²) in [6.45, 7) is 12.6. The van der Waals surface area contributed by atoms with Crippen molar-refractivity contribution in [1.29, 1.82) is 0 Å². The van der Waals surface area contributed by atoms with Gasteiger partial charge in [-0.2, -0.15) is 10.1 Å². The number of ether oxygens (including phenoxy) is 1. The first-order valence-corrected chi connectivity index (χ1v) is 13.0. The van der Waals surface area contributed by atoms with E-state index < -0.39 is 0 Å². The SMILES string of the molecule is Cc1cc(Nc2nccc(-n3cc(CN4CCC(O)C4)c(C)n3)n2)cc(C)c1OCCN1CCCC1. The fourth-order valence-corrected chi connectivity index (χ4v) is 5.16. The molecule has 36 heavy (non-hydrogen) atoms. The van der Waals surface area contributed by atoms with Crippen LogP contribution in [0.3, 0.4) is 0 Å². The minimum atomic E-state index is -0.223. The lowest BCUT2D eigenvalue weighted by atomic mass is 10.1. The number of rotatable bonds is 9. The number of hydrogen-bond acceptors (Lipinski definition) is 8. The number of nitrogens with one attached hydrogen (secondary N) is 1. The van der Waals surface area contributed by atoms with Gasteiger partial charge >= 0.3 is 0 Å². The van der Waals surface area contributed by atoms with E-state index in [9.17, 15) is 5.11 Å². The molecule has 192 valence electrons. The molecule has 0 radical (unpaired) electrons. The van der Waals surface area contributed by atoms with Gasteiger partial charge in [0.05, 0.1) is 11.8 Å². The number of anilines is 2. The van der Waals surface area contributed by atoms with Crippen molar-refractivity contribution < 1.29 is 9.84 Å². The summed E-state index contributed by atoms with van der Waals surface area (Å²) in [5.74, 6) is 2.18. The summed E-state index contributed by atoms with van der Waals surface area (Å²) >= 11 is 0. The molecule has 0 spiro atoms. The van der Waals surface area contributed by atoms with Crippen LogP contribution in [0.25, 0.3) is 5.82 Å². The van der Waals surface area contributed by atoms with Gasteiger partial charge in [0.25, 0.3) is 0 Å². The number of benzene rings is 1. The van der Waals surface area contributed by atoms with E-state index in [1.54, 1.807) is 10.9 Å². The van der Waals surface area contributed by atoms with E-state index in [-0.39, 0.29) is 6.10 Å². The third-order valence-corrected chi connectivity index (χ3v) is 7.09. The Labute approximate surface area is 213 Å². The molecular weight excluding hydrogens is 454 g/mol. The zero-order chi connectivity index (χ0) is 25.1. The van der Waals surface area contributed by atoms with Crippen molar-refractivity contribution in [3.63, 3.8) is 0 Å². The Morgan fingerprint density at radius 2 is 1.86 bits per heavy atom. The Kier molecular flexibility index (Phi) is 7.50. The van der Waals surface area contributed by atoms with E-state index in [1.807, 2.05) is 19.2 Å². The van der Waals surface area contributed by atoms with E-state index >= 15 is 0 Å². The first-order valence-electron chi connectivity index (χ1n) is 13.0. The number of likely N-dealkylation sites (tertiary alicyclic amines) is 2. The number of aliphatic hydroxyl groups excluding tert-OH is 1. The van der Waals surface area contributed by atoms with Gasteiger partial charge in [0.15, 0.2) is 5.82 Å². The van der Waals surface area contributed by atoms with Gasteiger partial charge in [-0.25, -0.2) is 9.67 Å².